The smallest absolute Gasteiger partial charge is 0.237 e. The second-order valence-corrected chi connectivity index (χ2v) is 6.09. The van der Waals surface area contributed by atoms with Gasteiger partial charge in [0.2, 0.25) is 5.91 Å². The lowest BCUT2D eigenvalue weighted by molar-refractivity contribution is -0.115. The number of carbonyl (C=O) groups is 1. The highest BCUT2D eigenvalue weighted by Gasteiger charge is 2.14. The van der Waals surface area contributed by atoms with E-state index in [1.54, 1.807) is 0 Å². The van der Waals surface area contributed by atoms with Crippen LogP contribution in [-0.2, 0) is 4.79 Å². The molecular formula is C17H19NO2S. The average molecular weight is 301 g/mol. The Morgan fingerprint density at radius 2 is 1.81 bits per heavy atom. The van der Waals surface area contributed by atoms with Gasteiger partial charge in [0.25, 0.3) is 0 Å². The molecule has 21 heavy (non-hydrogen) atoms. The lowest BCUT2D eigenvalue weighted by atomic mass is 10.0. The van der Waals surface area contributed by atoms with Gasteiger partial charge in [0.15, 0.2) is 0 Å². The molecule has 1 atom stereocenters. The van der Waals surface area contributed by atoms with Crippen LogP contribution >= 0.6 is 11.8 Å². The van der Waals surface area contributed by atoms with Crippen molar-refractivity contribution < 1.29 is 9.90 Å². The molecule has 1 amide bonds. The van der Waals surface area contributed by atoms with Gasteiger partial charge < -0.3 is 10.4 Å². The van der Waals surface area contributed by atoms with Gasteiger partial charge >= 0.3 is 0 Å². The average Bonchev–Trinajstić information content (AvgIpc) is 2.54. The predicted molar refractivity (Wildman–Crippen MR) is 89.5 cm³/mol. The molecule has 2 N–H and O–H groups in total. The van der Waals surface area contributed by atoms with Crippen molar-refractivity contribution in [2.24, 2.45) is 0 Å². The number of hydrogen-bond acceptors (Lipinski definition) is 3. The molecule has 0 saturated carbocycles. The first-order valence-corrected chi connectivity index (χ1v) is 7.95. The SMILES string of the molecule is C[C@@H](SCCO)C(=O)Nc1ccccc1-c1ccccc1. The summed E-state index contributed by atoms with van der Waals surface area (Å²) in [6, 6.07) is 17.7. The van der Waals surface area contributed by atoms with E-state index in [0.717, 1.165) is 16.8 Å². The third-order valence-electron chi connectivity index (χ3n) is 3.10. The van der Waals surface area contributed by atoms with Crippen LogP contribution in [0.5, 0.6) is 0 Å². The highest BCUT2D eigenvalue weighted by atomic mass is 32.2. The zero-order valence-corrected chi connectivity index (χ0v) is 12.8. The molecular weight excluding hydrogens is 282 g/mol. The molecule has 110 valence electrons. The monoisotopic (exact) mass is 301 g/mol. The second kappa shape index (κ2) is 7.86. The van der Waals surface area contributed by atoms with Gasteiger partial charge in [-0.05, 0) is 18.6 Å². The van der Waals surface area contributed by atoms with Crippen molar-refractivity contribution in [2.45, 2.75) is 12.2 Å². The van der Waals surface area contributed by atoms with Crippen LogP contribution in [0.3, 0.4) is 0 Å². The van der Waals surface area contributed by atoms with Crippen LogP contribution in [0.1, 0.15) is 6.92 Å². The van der Waals surface area contributed by atoms with Crippen LogP contribution in [0.25, 0.3) is 11.1 Å². The molecule has 0 unspecified atom stereocenters. The third kappa shape index (κ3) is 4.34. The number of aliphatic hydroxyl groups is 1. The van der Waals surface area contributed by atoms with Crippen LogP contribution in [0.15, 0.2) is 54.6 Å². The van der Waals surface area contributed by atoms with E-state index in [-0.39, 0.29) is 17.8 Å². The topological polar surface area (TPSA) is 49.3 Å². The first-order chi connectivity index (χ1) is 10.2. The summed E-state index contributed by atoms with van der Waals surface area (Å²) < 4.78 is 0. The van der Waals surface area contributed by atoms with Crippen molar-refractivity contribution in [2.75, 3.05) is 17.7 Å². The number of benzene rings is 2. The molecule has 0 radical (unpaired) electrons. The van der Waals surface area contributed by atoms with Crippen molar-refractivity contribution in [3.63, 3.8) is 0 Å². The van der Waals surface area contributed by atoms with Crippen molar-refractivity contribution in [3.8, 4) is 11.1 Å². The van der Waals surface area contributed by atoms with E-state index in [9.17, 15) is 4.79 Å². The molecule has 0 aromatic heterocycles. The van der Waals surface area contributed by atoms with Crippen molar-refractivity contribution in [1.29, 1.82) is 0 Å². The number of aliphatic hydroxyl groups excluding tert-OH is 1. The molecule has 3 nitrogen and oxygen atoms in total. The minimum Gasteiger partial charge on any atom is -0.396 e. The number of anilines is 1. The lowest BCUT2D eigenvalue weighted by Crippen LogP contribution is -2.23. The van der Waals surface area contributed by atoms with E-state index in [4.69, 9.17) is 5.11 Å². The van der Waals surface area contributed by atoms with Gasteiger partial charge in [-0.1, -0.05) is 48.5 Å². The first-order valence-electron chi connectivity index (χ1n) is 6.90. The Morgan fingerprint density at radius 1 is 1.14 bits per heavy atom. The number of para-hydroxylation sites is 1. The van der Waals surface area contributed by atoms with E-state index in [1.165, 1.54) is 11.8 Å². The van der Waals surface area contributed by atoms with Gasteiger partial charge in [-0.3, -0.25) is 4.79 Å². The molecule has 2 aromatic carbocycles. The van der Waals surface area contributed by atoms with Gasteiger partial charge in [0.05, 0.1) is 11.9 Å². The molecule has 0 aliphatic carbocycles. The largest absolute Gasteiger partial charge is 0.396 e. The van der Waals surface area contributed by atoms with Gasteiger partial charge in [-0.15, -0.1) is 11.8 Å². The Bertz CT molecular complexity index is 586. The summed E-state index contributed by atoms with van der Waals surface area (Å²) in [4.78, 5) is 12.2. The summed E-state index contributed by atoms with van der Waals surface area (Å²) in [6.07, 6.45) is 0. The number of thioether (sulfide) groups is 1. The summed E-state index contributed by atoms with van der Waals surface area (Å²) in [5.41, 5.74) is 2.89. The maximum Gasteiger partial charge on any atom is 0.237 e. The minimum absolute atomic E-state index is 0.0446. The normalized spacial score (nSPS) is 11.9. The quantitative estimate of drug-likeness (QED) is 0.859. The zero-order chi connectivity index (χ0) is 15.1. The number of amides is 1. The van der Waals surface area contributed by atoms with E-state index in [0.29, 0.717) is 5.75 Å². The van der Waals surface area contributed by atoms with Crippen LogP contribution < -0.4 is 5.32 Å². The van der Waals surface area contributed by atoms with E-state index < -0.39 is 0 Å². The van der Waals surface area contributed by atoms with Crippen LogP contribution in [0.4, 0.5) is 5.69 Å². The molecule has 4 heteroatoms. The molecule has 0 spiro atoms. The van der Waals surface area contributed by atoms with E-state index in [1.807, 2.05) is 61.5 Å². The van der Waals surface area contributed by atoms with Crippen LogP contribution in [-0.4, -0.2) is 28.6 Å². The Labute approximate surface area is 129 Å². The molecule has 2 aromatic rings. The molecule has 0 aliphatic rings. The maximum atomic E-state index is 12.2. The molecule has 0 saturated heterocycles. The van der Waals surface area contributed by atoms with Crippen LogP contribution in [0, 0.1) is 0 Å². The molecule has 0 bridgehead atoms. The van der Waals surface area contributed by atoms with Crippen LogP contribution in [0.2, 0.25) is 0 Å². The van der Waals surface area contributed by atoms with E-state index in [2.05, 4.69) is 5.32 Å². The summed E-state index contributed by atoms with van der Waals surface area (Å²) in [5, 5.41) is 11.6. The molecule has 0 fully saturated rings. The third-order valence-corrected chi connectivity index (χ3v) is 4.23. The maximum absolute atomic E-state index is 12.2. The fourth-order valence-corrected chi connectivity index (χ4v) is 2.67. The number of rotatable bonds is 6. The number of carbonyl (C=O) groups excluding carboxylic acids is 1. The van der Waals surface area contributed by atoms with Gasteiger partial charge in [-0.2, -0.15) is 0 Å². The van der Waals surface area contributed by atoms with Crippen molar-refractivity contribution >= 4 is 23.4 Å². The Kier molecular flexibility index (Phi) is 5.84. The Hall–Kier alpha value is -1.78. The van der Waals surface area contributed by atoms with Gasteiger partial charge in [0, 0.05) is 17.0 Å². The fourth-order valence-electron chi connectivity index (χ4n) is 2.00. The highest BCUT2D eigenvalue weighted by molar-refractivity contribution is 8.00. The van der Waals surface area contributed by atoms with Gasteiger partial charge in [0.1, 0.15) is 0 Å². The molecule has 0 aliphatic heterocycles. The highest BCUT2D eigenvalue weighted by Crippen LogP contribution is 2.28. The summed E-state index contributed by atoms with van der Waals surface area (Å²) in [5.74, 6) is 0.520. The standard InChI is InChI=1S/C17H19NO2S/c1-13(21-12-11-19)17(20)18-16-10-6-5-9-15(16)14-7-3-2-4-8-14/h2-10,13,19H,11-12H2,1H3,(H,18,20)/t13-/m1/s1. The zero-order valence-electron chi connectivity index (χ0n) is 12.0. The van der Waals surface area contributed by atoms with Crippen molar-refractivity contribution in [3.05, 3.63) is 54.6 Å². The Morgan fingerprint density at radius 3 is 2.52 bits per heavy atom. The van der Waals surface area contributed by atoms with Crippen molar-refractivity contribution in [1.82, 2.24) is 0 Å². The summed E-state index contributed by atoms with van der Waals surface area (Å²) in [7, 11) is 0. The summed E-state index contributed by atoms with van der Waals surface area (Å²) in [6.45, 7) is 1.93. The number of hydrogen-bond donors (Lipinski definition) is 2. The lowest BCUT2D eigenvalue weighted by Gasteiger charge is -2.14. The fraction of sp³-hybridized carbons (Fsp3) is 0.235. The minimum atomic E-state index is -0.194. The Balaban J connectivity index is 2.16. The van der Waals surface area contributed by atoms with E-state index >= 15 is 0 Å². The number of nitrogens with one attached hydrogen (secondary N) is 1. The second-order valence-electron chi connectivity index (χ2n) is 4.64. The predicted octanol–water partition coefficient (Wildman–Crippen LogP) is 3.41. The molecule has 2 rings (SSSR count). The summed E-state index contributed by atoms with van der Waals surface area (Å²) >= 11 is 1.44. The molecule has 0 heterocycles. The first kappa shape index (κ1) is 15.6. The van der Waals surface area contributed by atoms with Gasteiger partial charge in [-0.25, -0.2) is 0 Å².